The lowest BCUT2D eigenvalue weighted by Crippen LogP contribution is -2.41. The van der Waals surface area contributed by atoms with E-state index in [1.165, 1.54) is 30.4 Å². The summed E-state index contributed by atoms with van der Waals surface area (Å²) in [4.78, 5) is 2.30. The van der Waals surface area contributed by atoms with Crippen LogP contribution in [-0.2, 0) is 0 Å². The van der Waals surface area contributed by atoms with Crippen LogP contribution >= 0.6 is 0 Å². The van der Waals surface area contributed by atoms with Crippen molar-refractivity contribution in [2.75, 3.05) is 20.6 Å². The Morgan fingerprint density at radius 2 is 1.76 bits per heavy atom. The van der Waals surface area contributed by atoms with Gasteiger partial charge in [0.05, 0.1) is 0 Å². The van der Waals surface area contributed by atoms with E-state index in [2.05, 4.69) is 69.3 Å². The van der Waals surface area contributed by atoms with Gasteiger partial charge in [0.25, 0.3) is 0 Å². The molecule has 1 fully saturated rings. The van der Waals surface area contributed by atoms with Gasteiger partial charge in [-0.2, -0.15) is 0 Å². The van der Waals surface area contributed by atoms with Crippen LogP contribution in [-0.4, -0.2) is 31.6 Å². The predicted octanol–water partition coefficient (Wildman–Crippen LogP) is 4.01. The van der Waals surface area contributed by atoms with E-state index in [9.17, 15) is 0 Å². The van der Waals surface area contributed by atoms with Crippen molar-refractivity contribution in [2.45, 2.75) is 52.1 Å². The third kappa shape index (κ3) is 5.44. The highest BCUT2D eigenvalue weighted by atomic mass is 15.1. The minimum atomic E-state index is 0.536. The first kappa shape index (κ1) is 16.5. The Bertz CT molecular complexity index is 408. The molecule has 2 atom stereocenters. The van der Waals surface area contributed by atoms with E-state index in [1.54, 1.807) is 0 Å². The molecule has 0 saturated heterocycles. The number of aryl methyl sites for hydroxylation is 1. The summed E-state index contributed by atoms with van der Waals surface area (Å²) < 4.78 is 0. The summed E-state index contributed by atoms with van der Waals surface area (Å²) in [5.41, 5.74) is 2.82. The molecule has 0 heterocycles. The molecule has 0 radical (unpaired) electrons. The van der Waals surface area contributed by atoms with Crippen molar-refractivity contribution in [2.24, 2.45) is 11.8 Å². The van der Waals surface area contributed by atoms with E-state index >= 15 is 0 Å². The van der Waals surface area contributed by atoms with Gasteiger partial charge in [0, 0.05) is 18.6 Å². The molecule has 2 nitrogen and oxygen atoms in total. The van der Waals surface area contributed by atoms with Gasteiger partial charge < -0.3 is 10.2 Å². The standard InChI is InChI=1S/C19H32N2/c1-14(2)12-18(13-21(4)5)20-19(17-10-11-17)16-8-6-15(3)7-9-16/h6-9,14,17-20H,10-13H2,1-5H3. The zero-order chi connectivity index (χ0) is 15.4. The Labute approximate surface area is 130 Å². The maximum absolute atomic E-state index is 3.97. The number of hydrogen-bond acceptors (Lipinski definition) is 2. The van der Waals surface area contributed by atoms with E-state index < -0.39 is 0 Å². The molecule has 1 aliphatic carbocycles. The predicted molar refractivity (Wildman–Crippen MR) is 91.6 cm³/mol. The van der Waals surface area contributed by atoms with Gasteiger partial charge in [0.2, 0.25) is 0 Å². The van der Waals surface area contributed by atoms with Crippen molar-refractivity contribution in [3.05, 3.63) is 35.4 Å². The van der Waals surface area contributed by atoms with Gasteiger partial charge in [-0.25, -0.2) is 0 Å². The largest absolute Gasteiger partial charge is 0.308 e. The lowest BCUT2D eigenvalue weighted by molar-refractivity contribution is 0.277. The van der Waals surface area contributed by atoms with Crippen LogP contribution in [0.15, 0.2) is 24.3 Å². The molecular weight excluding hydrogens is 256 g/mol. The molecule has 1 saturated carbocycles. The second-order valence-electron chi connectivity index (χ2n) is 7.48. The fourth-order valence-electron chi connectivity index (χ4n) is 3.17. The van der Waals surface area contributed by atoms with Crippen LogP contribution in [0.5, 0.6) is 0 Å². The topological polar surface area (TPSA) is 15.3 Å². The van der Waals surface area contributed by atoms with Crippen LogP contribution < -0.4 is 5.32 Å². The van der Waals surface area contributed by atoms with Crippen LogP contribution in [0, 0.1) is 18.8 Å². The molecule has 1 N–H and O–H groups in total. The molecule has 0 aromatic heterocycles. The SMILES string of the molecule is Cc1ccc(C(NC(CC(C)C)CN(C)C)C2CC2)cc1. The Hall–Kier alpha value is -0.860. The molecular formula is C19H32N2. The van der Waals surface area contributed by atoms with Crippen molar-refractivity contribution >= 4 is 0 Å². The van der Waals surface area contributed by atoms with Gasteiger partial charge in [-0.1, -0.05) is 43.7 Å². The molecule has 1 aromatic carbocycles. The van der Waals surface area contributed by atoms with Crippen LogP contribution in [0.3, 0.4) is 0 Å². The first-order valence-electron chi connectivity index (χ1n) is 8.43. The molecule has 2 unspecified atom stereocenters. The number of hydrogen-bond donors (Lipinski definition) is 1. The second-order valence-corrected chi connectivity index (χ2v) is 7.48. The Kier molecular flexibility index (Phi) is 5.83. The number of nitrogens with zero attached hydrogens (tertiary/aromatic N) is 1. The third-order valence-corrected chi connectivity index (χ3v) is 4.29. The zero-order valence-corrected chi connectivity index (χ0v) is 14.4. The first-order chi connectivity index (χ1) is 9.95. The molecule has 1 aliphatic rings. The van der Waals surface area contributed by atoms with Gasteiger partial charge in [0.15, 0.2) is 0 Å². The highest BCUT2D eigenvalue weighted by Gasteiger charge is 2.33. The maximum Gasteiger partial charge on any atom is 0.0351 e. The Morgan fingerprint density at radius 3 is 2.24 bits per heavy atom. The molecule has 0 amide bonds. The first-order valence-corrected chi connectivity index (χ1v) is 8.43. The van der Waals surface area contributed by atoms with Crippen LogP contribution in [0.1, 0.15) is 50.3 Å². The molecule has 2 heteroatoms. The summed E-state index contributed by atoms with van der Waals surface area (Å²) in [5, 5.41) is 3.97. The average Bonchev–Trinajstić information content (AvgIpc) is 3.19. The quantitative estimate of drug-likeness (QED) is 0.777. The van der Waals surface area contributed by atoms with E-state index in [-0.39, 0.29) is 0 Å². The van der Waals surface area contributed by atoms with E-state index in [0.29, 0.717) is 12.1 Å². The zero-order valence-electron chi connectivity index (χ0n) is 14.4. The summed E-state index contributed by atoms with van der Waals surface area (Å²) in [5.74, 6) is 1.57. The van der Waals surface area contributed by atoms with Gasteiger partial charge in [-0.3, -0.25) is 0 Å². The molecule has 0 bridgehead atoms. The summed E-state index contributed by atoms with van der Waals surface area (Å²) >= 11 is 0. The highest BCUT2D eigenvalue weighted by Crippen LogP contribution is 2.41. The van der Waals surface area contributed by atoms with E-state index in [1.807, 2.05) is 0 Å². The minimum absolute atomic E-state index is 0.536. The highest BCUT2D eigenvalue weighted by molar-refractivity contribution is 5.25. The fraction of sp³-hybridized carbons (Fsp3) is 0.684. The van der Waals surface area contributed by atoms with Crippen molar-refractivity contribution in [3.8, 4) is 0 Å². The molecule has 1 aromatic rings. The van der Waals surface area contributed by atoms with Crippen LogP contribution in [0.25, 0.3) is 0 Å². The van der Waals surface area contributed by atoms with Crippen molar-refractivity contribution in [1.82, 2.24) is 10.2 Å². The molecule has 118 valence electrons. The van der Waals surface area contributed by atoms with Gasteiger partial charge in [-0.05, 0) is 57.7 Å². The fourth-order valence-corrected chi connectivity index (χ4v) is 3.17. The Balaban J connectivity index is 2.07. The second kappa shape index (κ2) is 7.42. The number of benzene rings is 1. The summed E-state index contributed by atoms with van der Waals surface area (Å²) in [7, 11) is 4.35. The molecule has 0 spiro atoms. The van der Waals surface area contributed by atoms with E-state index in [0.717, 1.165) is 18.4 Å². The minimum Gasteiger partial charge on any atom is -0.308 e. The maximum atomic E-state index is 3.97. The monoisotopic (exact) mass is 288 g/mol. The summed E-state index contributed by atoms with van der Waals surface area (Å²) in [6, 6.07) is 10.2. The van der Waals surface area contributed by atoms with Crippen molar-refractivity contribution < 1.29 is 0 Å². The normalized spacial score (nSPS) is 18.2. The molecule has 2 rings (SSSR count). The Morgan fingerprint density at radius 1 is 1.14 bits per heavy atom. The van der Waals surface area contributed by atoms with Crippen LogP contribution in [0.4, 0.5) is 0 Å². The van der Waals surface area contributed by atoms with E-state index in [4.69, 9.17) is 0 Å². The summed E-state index contributed by atoms with van der Waals surface area (Å²) in [6.45, 7) is 7.93. The van der Waals surface area contributed by atoms with Gasteiger partial charge in [0.1, 0.15) is 0 Å². The number of rotatable bonds is 8. The number of likely N-dealkylation sites (N-methyl/N-ethyl adjacent to an activating group) is 1. The lowest BCUT2D eigenvalue weighted by Gasteiger charge is -2.29. The molecule has 0 aliphatic heterocycles. The van der Waals surface area contributed by atoms with Gasteiger partial charge >= 0.3 is 0 Å². The smallest absolute Gasteiger partial charge is 0.0351 e. The average molecular weight is 288 g/mol. The van der Waals surface area contributed by atoms with Crippen molar-refractivity contribution in [1.29, 1.82) is 0 Å². The third-order valence-electron chi connectivity index (χ3n) is 4.29. The van der Waals surface area contributed by atoms with Crippen LogP contribution in [0.2, 0.25) is 0 Å². The number of nitrogens with one attached hydrogen (secondary N) is 1. The summed E-state index contributed by atoms with van der Waals surface area (Å²) in [6.07, 6.45) is 4.00. The van der Waals surface area contributed by atoms with Crippen molar-refractivity contribution in [3.63, 3.8) is 0 Å². The molecule has 21 heavy (non-hydrogen) atoms. The van der Waals surface area contributed by atoms with Gasteiger partial charge in [-0.15, -0.1) is 0 Å². The lowest BCUT2D eigenvalue weighted by atomic mass is 9.97.